The summed E-state index contributed by atoms with van der Waals surface area (Å²) in [6.07, 6.45) is 1.59. The fraction of sp³-hybridized carbons (Fsp3) is 0. The summed E-state index contributed by atoms with van der Waals surface area (Å²) < 4.78 is 1.05. The monoisotopic (exact) mass is 275 g/mol. The number of rotatable bonds is 1. The van der Waals surface area contributed by atoms with Crippen LogP contribution in [0, 0.1) is 0 Å². The average molecular weight is 277 g/mol. The van der Waals surface area contributed by atoms with Crippen LogP contribution in [0.25, 0.3) is 10.6 Å². The number of aromatic nitrogens is 3. The molecule has 0 fully saturated rings. The van der Waals surface area contributed by atoms with E-state index >= 15 is 0 Å². The van der Waals surface area contributed by atoms with Crippen LogP contribution < -0.4 is 0 Å². The largest absolute Gasteiger partial charge is 0.243 e. The highest BCUT2D eigenvalue weighted by Gasteiger charge is 2.03. The van der Waals surface area contributed by atoms with Gasteiger partial charge in [0.25, 0.3) is 0 Å². The lowest BCUT2D eigenvalue weighted by Crippen LogP contribution is -1.87. The van der Waals surface area contributed by atoms with E-state index in [1.807, 2.05) is 12.1 Å². The third kappa shape index (κ3) is 2.04. The molecular formula is C7H3BrClN3S. The third-order valence-electron chi connectivity index (χ3n) is 1.36. The molecule has 2 rings (SSSR count). The number of nitrogens with zero attached hydrogens (tertiary/aromatic N) is 3. The number of hydrogen-bond donors (Lipinski definition) is 0. The Hall–Kier alpha value is -0.520. The van der Waals surface area contributed by atoms with Crippen molar-refractivity contribution in [2.45, 2.75) is 0 Å². The maximum Gasteiger partial charge on any atom is 0.243 e. The molecule has 0 aromatic carbocycles. The van der Waals surface area contributed by atoms with Crippen LogP contribution in [-0.4, -0.2) is 15.2 Å². The van der Waals surface area contributed by atoms with Gasteiger partial charge in [-0.15, -0.1) is 16.4 Å². The molecule has 0 saturated carbocycles. The van der Waals surface area contributed by atoms with Gasteiger partial charge in [-0.25, -0.2) is 4.98 Å². The Morgan fingerprint density at radius 3 is 2.85 bits per heavy atom. The molecule has 2 heterocycles. The highest BCUT2D eigenvalue weighted by atomic mass is 79.9. The fourth-order valence-corrected chi connectivity index (χ4v) is 2.33. The fourth-order valence-electron chi connectivity index (χ4n) is 0.852. The summed E-state index contributed by atoms with van der Waals surface area (Å²) >= 11 is 10.6. The predicted octanol–water partition coefficient (Wildman–Crippen LogP) is 3.02. The van der Waals surface area contributed by atoms with Gasteiger partial charge in [0.15, 0.2) is 0 Å². The Morgan fingerprint density at radius 1 is 1.38 bits per heavy atom. The molecule has 0 amide bonds. The molecule has 6 heteroatoms. The predicted molar refractivity (Wildman–Crippen MR) is 55.9 cm³/mol. The van der Waals surface area contributed by atoms with Gasteiger partial charge in [-0.2, -0.15) is 5.10 Å². The number of halogens is 2. The molecule has 0 aliphatic carbocycles. The van der Waals surface area contributed by atoms with Crippen LogP contribution in [0.1, 0.15) is 0 Å². The summed E-state index contributed by atoms with van der Waals surface area (Å²) in [6.45, 7) is 0. The van der Waals surface area contributed by atoms with Gasteiger partial charge < -0.3 is 0 Å². The zero-order valence-corrected chi connectivity index (χ0v) is 9.40. The van der Waals surface area contributed by atoms with Crippen molar-refractivity contribution in [2.75, 3.05) is 0 Å². The smallest absolute Gasteiger partial charge is 0.214 e. The van der Waals surface area contributed by atoms with E-state index < -0.39 is 0 Å². The molecular weight excluding hydrogens is 274 g/mol. The van der Waals surface area contributed by atoms with Crippen LogP contribution in [0.15, 0.2) is 22.1 Å². The molecule has 0 saturated heterocycles. The molecule has 0 radical (unpaired) electrons. The summed E-state index contributed by atoms with van der Waals surface area (Å²) in [6, 6.07) is 3.91. The summed E-state index contributed by atoms with van der Waals surface area (Å²) in [5, 5.41) is 7.45. The van der Waals surface area contributed by atoms with Crippen molar-refractivity contribution >= 4 is 38.9 Å². The van der Waals surface area contributed by atoms with Gasteiger partial charge in [-0.05, 0) is 39.7 Å². The van der Waals surface area contributed by atoms with E-state index in [9.17, 15) is 0 Å². The molecule has 0 atom stereocenters. The first kappa shape index (κ1) is 9.05. The van der Waals surface area contributed by atoms with Crippen LogP contribution in [-0.2, 0) is 0 Å². The van der Waals surface area contributed by atoms with Gasteiger partial charge in [-0.3, -0.25) is 0 Å². The highest BCUT2D eigenvalue weighted by Crippen LogP contribution is 2.29. The van der Waals surface area contributed by atoms with E-state index in [1.54, 1.807) is 17.5 Å². The van der Waals surface area contributed by atoms with Gasteiger partial charge >= 0.3 is 0 Å². The molecule has 66 valence electrons. The van der Waals surface area contributed by atoms with Gasteiger partial charge in [0.1, 0.15) is 5.69 Å². The van der Waals surface area contributed by atoms with Gasteiger partial charge in [-0.1, -0.05) is 0 Å². The van der Waals surface area contributed by atoms with Crippen molar-refractivity contribution in [3.05, 3.63) is 27.4 Å². The Labute approximate surface area is 91.9 Å². The van der Waals surface area contributed by atoms with E-state index in [2.05, 4.69) is 31.1 Å². The van der Waals surface area contributed by atoms with Crippen molar-refractivity contribution in [1.82, 2.24) is 15.2 Å². The Balaban J connectivity index is 2.46. The SMILES string of the molecule is Clc1nncc(-c2ccc(Br)s2)n1. The van der Waals surface area contributed by atoms with E-state index in [4.69, 9.17) is 11.6 Å². The molecule has 13 heavy (non-hydrogen) atoms. The molecule has 2 aromatic rings. The Kier molecular flexibility index (Phi) is 2.57. The second-order valence-corrected chi connectivity index (χ2v) is 5.02. The van der Waals surface area contributed by atoms with E-state index in [0.29, 0.717) is 0 Å². The molecule has 0 unspecified atom stereocenters. The van der Waals surface area contributed by atoms with Crippen LogP contribution in [0.3, 0.4) is 0 Å². The minimum atomic E-state index is 0.169. The van der Waals surface area contributed by atoms with Gasteiger partial charge in [0.2, 0.25) is 5.28 Å². The lowest BCUT2D eigenvalue weighted by molar-refractivity contribution is 0.976. The molecule has 0 bridgehead atoms. The standard InChI is InChI=1S/C7H3BrClN3S/c8-6-2-1-5(13-6)4-3-10-12-7(9)11-4/h1-3H. The van der Waals surface area contributed by atoms with Crippen molar-refractivity contribution in [2.24, 2.45) is 0 Å². The lowest BCUT2D eigenvalue weighted by atomic mass is 10.4. The third-order valence-corrected chi connectivity index (χ3v) is 3.16. The first-order valence-corrected chi connectivity index (χ1v) is 5.35. The molecule has 0 aliphatic rings. The van der Waals surface area contributed by atoms with Gasteiger partial charge in [0, 0.05) is 0 Å². The van der Waals surface area contributed by atoms with Crippen LogP contribution >= 0.6 is 38.9 Å². The Bertz CT molecular complexity index is 431. The molecule has 0 N–H and O–H groups in total. The lowest BCUT2D eigenvalue weighted by Gasteiger charge is -1.93. The average Bonchev–Trinajstić information content (AvgIpc) is 2.52. The number of thiophene rings is 1. The maximum absolute atomic E-state index is 5.61. The first-order valence-electron chi connectivity index (χ1n) is 3.36. The van der Waals surface area contributed by atoms with Crippen LogP contribution in [0.5, 0.6) is 0 Å². The Morgan fingerprint density at radius 2 is 2.23 bits per heavy atom. The van der Waals surface area contributed by atoms with E-state index in [-0.39, 0.29) is 5.28 Å². The summed E-state index contributed by atoms with van der Waals surface area (Å²) in [7, 11) is 0. The molecule has 0 aliphatic heterocycles. The maximum atomic E-state index is 5.61. The van der Waals surface area contributed by atoms with Gasteiger partial charge in [0.05, 0.1) is 14.9 Å². The van der Waals surface area contributed by atoms with E-state index in [1.165, 1.54) is 0 Å². The summed E-state index contributed by atoms with van der Waals surface area (Å²) in [4.78, 5) is 5.06. The second-order valence-electron chi connectivity index (χ2n) is 2.21. The normalized spacial score (nSPS) is 10.3. The van der Waals surface area contributed by atoms with Crippen LogP contribution in [0.2, 0.25) is 5.28 Å². The molecule has 2 aromatic heterocycles. The minimum Gasteiger partial charge on any atom is -0.214 e. The first-order chi connectivity index (χ1) is 6.25. The van der Waals surface area contributed by atoms with Crippen molar-refractivity contribution < 1.29 is 0 Å². The molecule has 3 nitrogen and oxygen atoms in total. The zero-order chi connectivity index (χ0) is 9.26. The highest BCUT2D eigenvalue weighted by molar-refractivity contribution is 9.11. The quantitative estimate of drug-likeness (QED) is 0.803. The summed E-state index contributed by atoms with van der Waals surface area (Å²) in [5.74, 6) is 0. The van der Waals surface area contributed by atoms with Crippen molar-refractivity contribution in [3.8, 4) is 10.6 Å². The second kappa shape index (κ2) is 3.69. The minimum absolute atomic E-state index is 0.169. The topological polar surface area (TPSA) is 38.7 Å². The zero-order valence-electron chi connectivity index (χ0n) is 6.24. The number of hydrogen-bond acceptors (Lipinski definition) is 4. The summed E-state index contributed by atoms with van der Waals surface area (Å²) in [5.41, 5.74) is 0.746. The van der Waals surface area contributed by atoms with Crippen molar-refractivity contribution in [3.63, 3.8) is 0 Å². The van der Waals surface area contributed by atoms with E-state index in [0.717, 1.165) is 14.4 Å². The van der Waals surface area contributed by atoms with Crippen LogP contribution in [0.4, 0.5) is 0 Å². The molecule has 0 spiro atoms. The van der Waals surface area contributed by atoms with Crippen molar-refractivity contribution in [1.29, 1.82) is 0 Å².